The van der Waals surface area contributed by atoms with Crippen LogP contribution in [-0.4, -0.2) is 50.3 Å². The van der Waals surface area contributed by atoms with E-state index in [0.29, 0.717) is 13.1 Å². The van der Waals surface area contributed by atoms with E-state index in [-0.39, 0.29) is 18.3 Å². The van der Waals surface area contributed by atoms with Crippen molar-refractivity contribution in [1.82, 2.24) is 9.21 Å². The number of nitrogen functional groups attached to an aromatic ring is 1. The van der Waals surface area contributed by atoms with Crippen molar-refractivity contribution in [2.24, 2.45) is 0 Å². The molecule has 0 amide bonds. The van der Waals surface area contributed by atoms with Gasteiger partial charge in [0.1, 0.15) is 11.6 Å². The minimum atomic E-state index is -4.21. The normalized spacial score (nSPS) is 22.1. The van der Waals surface area contributed by atoms with E-state index in [1.54, 1.807) is 6.92 Å². The molecule has 0 radical (unpaired) electrons. The summed E-state index contributed by atoms with van der Waals surface area (Å²) in [5.74, 6) is -2.32. The molecule has 1 aliphatic rings. The smallest absolute Gasteiger partial charge is 0.249 e. The molecular weight excluding hydrogens is 288 g/mol. The molecule has 1 heterocycles. The molecule has 1 atom stereocenters. The van der Waals surface area contributed by atoms with Crippen LogP contribution in [0.25, 0.3) is 0 Å². The summed E-state index contributed by atoms with van der Waals surface area (Å²) in [6.07, 6.45) is 0. The molecule has 5 nitrogen and oxygen atoms in total. The highest BCUT2D eigenvalue weighted by molar-refractivity contribution is 7.89. The lowest BCUT2D eigenvalue weighted by atomic mass is 10.2. The molecular formula is C12H17F2N3O2S. The largest absolute Gasteiger partial charge is 0.399 e. The first kappa shape index (κ1) is 15.1. The van der Waals surface area contributed by atoms with Crippen molar-refractivity contribution in [3.63, 3.8) is 0 Å². The first-order chi connectivity index (χ1) is 9.23. The first-order valence-electron chi connectivity index (χ1n) is 6.18. The monoisotopic (exact) mass is 305 g/mol. The summed E-state index contributed by atoms with van der Waals surface area (Å²) in [5, 5.41) is 0. The van der Waals surface area contributed by atoms with Crippen LogP contribution in [0, 0.1) is 11.6 Å². The van der Waals surface area contributed by atoms with Crippen molar-refractivity contribution in [1.29, 1.82) is 0 Å². The van der Waals surface area contributed by atoms with E-state index in [9.17, 15) is 17.2 Å². The molecule has 0 spiro atoms. The Kier molecular flexibility index (Phi) is 3.99. The number of nitrogens with zero attached hydrogens (tertiary/aromatic N) is 2. The lowest BCUT2D eigenvalue weighted by molar-refractivity contribution is 0.170. The number of sulfonamides is 1. The van der Waals surface area contributed by atoms with Gasteiger partial charge < -0.3 is 10.6 Å². The highest BCUT2D eigenvalue weighted by Gasteiger charge is 2.36. The topological polar surface area (TPSA) is 66.6 Å². The van der Waals surface area contributed by atoms with Crippen molar-refractivity contribution >= 4 is 15.7 Å². The zero-order valence-corrected chi connectivity index (χ0v) is 12.1. The van der Waals surface area contributed by atoms with Crippen molar-refractivity contribution in [2.45, 2.75) is 17.9 Å². The van der Waals surface area contributed by atoms with Crippen LogP contribution >= 0.6 is 0 Å². The minimum Gasteiger partial charge on any atom is -0.399 e. The standard InChI is InChI=1S/C12H17F2N3O2S/c1-8-7-16(2)3-4-17(8)20(18,19)12-10(13)5-9(15)6-11(12)14/h5-6,8H,3-4,7,15H2,1-2H3. The van der Waals surface area contributed by atoms with E-state index >= 15 is 0 Å². The molecule has 1 unspecified atom stereocenters. The summed E-state index contributed by atoms with van der Waals surface area (Å²) in [6.45, 7) is 2.93. The second kappa shape index (κ2) is 5.27. The molecule has 8 heteroatoms. The third-order valence-corrected chi connectivity index (χ3v) is 5.42. The molecule has 0 saturated carbocycles. The van der Waals surface area contributed by atoms with Gasteiger partial charge >= 0.3 is 0 Å². The maximum Gasteiger partial charge on any atom is 0.249 e. The molecule has 1 fully saturated rings. The predicted octanol–water partition coefficient (Wildman–Crippen LogP) is 0.872. The average molecular weight is 305 g/mol. The summed E-state index contributed by atoms with van der Waals surface area (Å²) < 4.78 is 53.7. The van der Waals surface area contributed by atoms with Crippen LogP contribution in [0.5, 0.6) is 0 Å². The molecule has 1 saturated heterocycles. The Labute approximate surface area is 117 Å². The number of halogens is 2. The average Bonchev–Trinajstić information content (AvgIpc) is 2.25. The summed E-state index contributed by atoms with van der Waals surface area (Å²) in [6, 6.07) is 1.28. The zero-order chi connectivity index (χ0) is 15.1. The zero-order valence-electron chi connectivity index (χ0n) is 11.3. The third kappa shape index (κ3) is 2.63. The van der Waals surface area contributed by atoms with Crippen LogP contribution in [0.4, 0.5) is 14.5 Å². The number of piperazine rings is 1. The highest BCUT2D eigenvalue weighted by Crippen LogP contribution is 2.27. The van der Waals surface area contributed by atoms with Crippen LogP contribution in [0.1, 0.15) is 6.92 Å². The second-order valence-corrected chi connectivity index (χ2v) is 6.87. The van der Waals surface area contributed by atoms with Crippen LogP contribution in [0.3, 0.4) is 0 Å². The number of likely N-dealkylation sites (N-methyl/N-ethyl adjacent to an activating group) is 1. The van der Waals surface area contributed by atoms with Gasteiger partial charge in [0.15, 0.2) is 4.90 Å². The Morgan fingerprint density at radius 3 is 2.30 bits per heavy atom. The van der Waals surface area contributed by atoms with Gasteiger partial charge in [0.2, 0.25) is 10.0 Å². The van der Waals surface area contributed by atoms with E-state index in [2.05, 4.69) is 0 Å². The molecule has 2 rings (SSSR count). The van der Waals surface area contributed by atoms with Gasteiger partial charge in [-0.3, -0.25) is 0 Å². The van der Waals surface area contributed by atoms with Gasteiger partial charge in [-0.15, -0.1) is 0 Å². The number of hydrogen-bond donors (Lipinski definition) is 1. The van der Waals surface area contributed by atoms with Crippen LogP contribution in [0.2, 0.25) is 0 Å². The number of anilines is 1. The van der Waals surface area contributed by atoms with E-state index in [0.717, 1.165) is 16.4 Å². The Hall–Kier alpha value is -1.25. The fourth-order valence-electron chi connectivity index (χ4n) is 2.42. The SMILES string of the molecule is CC1CN(C)CCN1S(=O)(=O)c1c(F)cc(N)cc1F. The summed E-state index contributed by atoms with van der Waals surface area (Å²) >= 11 is 0. The number of rotatable bonds is 2. The van der Waals surface area contributed by atoms with E-state index in [1.807, 2.05) is 11.9 Å². The maximum absolute atomic E-state index is 13.8. The number of benzene rings is 1. The van der Waals surface area contributed by atoms with Gasteiger partial charge in [-0.25, -0.2) is 17.2 Å². The van der Waals surface area contributed by atoms with Gasteiger partial charge in [-0.05, 0) is 26.1 Å². The molecule has 1 aromatic rings. The van der Waals surface area contributed by atoms with Crippen molar-refractivity contribution in [3.05, 3.63) is 23.8 Å². The molecule has 1 aromatic carbocycles. The molecule has 112 valence electrons. The van der Waals surface area contributed by atoms with Crippen molar-refractivity contribution < 1.29 is 17.2 Å². The Morgan fingerprint density at radius 2 is 1.80 bits per heavy atom. The van der Waals surface area contributed by atoms with Gasteiger partial charge in [0.05, 0.1) is 0 Å². The van der Waals surface area contributed by atoms with E-state index in [4.69, 9.17) is 5.73 Å². The molecule has 20 heavy (non-hydrogen) atoms. The van der Waals surface area contributed by atoms with Crippen LogP contribution in [0.15, 0.2) is 17.0 Å². The molecule has 2 N–H and O–H groups in total. The van der Waals surface area contributed by atoms with Gasteiger partial charge in [-0.2, -0.15) is 4.31 Å². The van der Waals surface area contributed by atoms with E-state index < -0.39 is 26.6 Å². The summed E-state index contributed by atoms with van der Waals surface area (Å²) in [4.78, 5) is 1.04. The van der Waals surface area contributed by atoms with Crippen LogP contribution in [-0.2, 0) is 10.0 Å². The highest BCUT2D eigenvalue weighted by atomic mass is 32.2. The van der Waals surface area contributed by atoms with Crippen molar-refractivity contribution in [3.8, 4) is 0 Å². The first-order valence-corrected chi connectivity index (χ1v) is 7.62. The quantitative estimate of drug-likeness (QED) is 0.824. The fourth-order valence-corrected chi connectivity index (χ4v) is 4.13. The molecule has 0 bridgehead atoms. The Balaban J connectivity index is 2.46. The minimum absolute atomic E-state index is 0.148. The van der Waals surface area contributed by atoms with Gasteiger partial charge in [0, 0.05) is 31.4 Å². The fraction of sp³-hybridized carbons (Fsp3) is 0.500. The van der Waals surface area contributed by atoms with Crippen molar-refractivity contribution in [2.75, 3.05) is 32.4 Å². The maximum atomic E-state index is 13.8. The molecule has 1 aliphatic heterocycles. The summed E-state index contributed by atoms with van der Waals surface area (Å²) in [7, 11) is -2.35. The predicted molar refractivity (Wildman–Crippen MR) is 71.6 cm³/mol. The third-order valence-electron chi connectivity index (χ3n) is 3.36. The number of nitrogens with two attached hydrogens (primary N) is 1. The Bertz CT molecular complexity index is 598. The molecule has 0 aromatic heterocycles. The van der Waals surface area contributed by atoms with Gasteiger partial charge in [0.25, 0.3) is 0 Å². The van der Waals surface area contributed by atoms with Gasteiger partial charge in [-0.1, -0.05) is 0 Å². The Morgan fingerprint density at radius 1 is 1.25 bits per heavy atom. The lowest BCUT2D eigenvalue weighted by Crippen LogP contribution is -2.52. The molecule has 0 aliphatic carbocycles. The lowest BCUT2D eigenvalue weighted by Gasteiger charge is -2.37. The second-order valence-electron chi connectivity index (χ2n) is 5.04. The van der Waals surface area contributed by atoms with E-state index in [1.165, 1.54) is 0 Å². The van der Waals surface area contributed by atoms with Crippen LogP contribution < -0.4 is 5.73 Å². The number of hydrogen-bond acceptors (Lipinski definition) is 4. The summed E-state index contributed by atoms with van der Waals surface area (Å²) in [5.41, 5.74) is 5.15.